The number of ether oxygens (including phenoxy) is 1. The quantitative estimate of drug-likeness (QED) is 0.883. The van der Waals surface area contributed by atoms with Crippen molar-refractivity contribution in [2.45, 2.75) is 6.04 Å². The van der Waals surface area contributed by atoms with Crippen LogP contribution >= 0.6 is 27.3 Å². The SMILES string of the molecule is O=C(NCC1COCCN1)c1ccc(Br)s1. The second-order valence-electron chi connectivity index (χ2n) is 3.54. The highest BCUT2D eigenvalue weighted by atomic mass is 79.9. The third-order valence-electron chi connectivity index (χ3n) is 2.30. The number of carbonyl (C=O) groups excluding carboxylic acids is 1. The lowest BCUT2D eigenvalue weighted by atomic mass is 10.3. The van der Waals surface area contributed by atoms with Crippen molar-refractivity contribution in [2.24, 2.45) is 0 Å². The van der Waals surface area contributed by atoms with E-state index in [9.17, 15) is 4.79 Å². The molecule has 0 radical (unpaired) electrons. The van der Waals surface area contributed by atoms with Crippen molar-refractivity contribution in [3.8, 4) is 0 Å². The van der Waals surface area contributed by atoms with Crippen LogP contribution in [0.4, 0.5) is 0 Å². The fourth-order valence-corrected chi connectivity index (χ4v) is 2.79. The van der Waals surface area contributed by atoms with E-state index in [1.54, 1.807) is 0 Å². The molecule has 1 fully saturated rings. The van der Waals surface area contributed by atoms with Crippen molar-refractivity contribution < 1.29 is 9.53 Å². The molecule has 1 aromatic heterocycles. The molecule has 6 heteroatoms. The zero-order valence-corrected chi connectivity index (χ0v) is 11.1. The Morgan fingerprint density at radius 2 is 2.56 bits per heavy atom. The van der Waals surface area contributed by atoms with E-state index in [2.05, 4.69) is 26.6 Å². The summed E-state index contributed by atoms with van der Waals surface area (Å²) in [4.78, 5) is 12.4. The molecule has 0 aliphatic carbocycles. The van der Waals surface area contributed by atoms with Crippen LogP contribution in [0.3, 0.4) is 0 Å². The van der Waals surface area contributed by atoms with Gasteiger partial charge in [-0.1, -0.05) is 0 Å². The topological polar surface area (TPSA) is 50.4 Å². The average molecular weight is 305 g/mol. The lowest BCUT2D eigenvalue weighted by molar-refractivity contribution is 0.0735. The second kappa shape index (κ2) is 5.77. The minimum Gasteiger partial charge on any atom is -0.378 e. The molecule has 0 bridgehead atoms. The van der Waals surface area contributed by atoms with Gasteiger partial charge in [0.05, 0.1) is 21.9 Å². The first-order valence-corrected chi connectivity index (χ1v) is 6.71. The first-order chi connectivity index (χ1) is 7.75. The number of rotatable bonds is 3. The molecule has 2 heterocycles. The van der Waals surface area contributed by atoms with Gasteiger partial charge in [0.25, 0.3) is 5.91 Å². The zero-order chi connectivity index (χ0) is 11.4. The van der Waals surface area contributed by atoms with Crippen LogP contribution in [0.25, 0.3) is 0 Å². The van der Waals surface area contributed by atoms with Gasteiger partial charge in [0.1, 0.15) is 0 Å². The van der Waals surface area contributed by atoms with E-state index in [0.717, 1.165) is 21.8 Å². The standard InChI is InChI=1S/C10H13BrN2O2S/c11-9-2-1-8(16-9)10(14)13-5-7-6-15-4-3-12-7/h1-2,7,12H,3-6H2,(H,13,14). The maximum absolute atomic E-state index is 11.7. The summed E-state index contributed by atoms with van der Waals surface area (Å²) < 4.78 is 6.27. The van der Waals surface area contributed by atoms with E-state index in [1.807, 2.05) is 12.1 Å². The molecule has 0 aromatic carbocycles. The van der Waals surface area contributed by atoms with Gasteiger partial charge < -0.3 is 15.4 Å². The van der Waals surface area contributed by atoms with Crippen molar-refractivity contribution in [3.05, 3.63) is 20.8 Å². The Morgan fingerprint density at radius 1 is 1.69 bits per heavy atom. The van der Waals surface area contributed by atoms with Crippen LogP contribution in [0, 0.1) is 0 Å². The first kappa shape index (κ1) is 12.0. The minimum absolute atomic E-state index is 0.0249. The molecule has 0 spiro atoms. The lowest BCUT2D eigenvalue weighted by Gasteiger charge is -2.23. The Bertz CT molecular complexity index is 363. The van der Waals surface area contributed by atoms with Crippen LogP contribution in [0.2, 0.25) is 0 Å². The summed E-state index contributed by atoms with van der Waals surface area (Å²) in [6.45, 7) is 2.87. The van der Waals surface area contributed by atoms with Gasteiger partial charge in [-0.2, -0.15) is 0 Å². The molecule has 1 atom stereocenters. The van der Waals surface area contributed by atoms with Crippen LogP contribution < -0.4 is 10.6 Å². The predicted molar refractivity (Wildman–Crippen MR) is 67.0 cm³/mol. The van der Waals surface area contributed by atoms with Crippen molar-refractivity contribution in [1.82, 2.24) is 10.6 Å². The molecule has 4 nitrogen and oxygen atoms in total. The monoisotopic (exact) mass is 304 g/mol. The largest absolute Gasteiger partial charge is 0.378 e. The number of hydrogen-bond donors (Lipinski definition) is 2. The van der Waals surface area contributed by atoms with Crippen molar-refractivity contribution in [1.29, 1.82) is 0 Å². The predicted octanol–water partition coefficient (Wildman–Crippen LogP) is 1.23. The third-order valence-corrected chi connectivity index (χ3v) is 3.93. The molecule has 0 saturated carbocycles. The van der Waals surface area contributed by atoms with E-state index in [4.69, 9.17) is 4.74 Å². The highest BCUT2D eigenvalue weighted by molar-refractivity contribution is 9.11. The van der Waals surface area contributed by atoms with Gasteiger partial charge in [0.15, 0.2) is 0 Å². The highest BCUT2D eigenvalue weighted by Gasteiger charge is 2.15. The van der Waals surface area contributed by atoms with Gasteiger partial charge in [-0.3, -0.25) is 4.79 Å². The molecule has 16 heavy (non-hydrogen) atoms. The zero-order valence-electron chi connectivity index (χ0n) is 8.66. The molecule has 1 aromatic rings. The summed E-state index contributed by atoms with van der Waals surface area (Å²) in [5, 5.41) is 6.18. The van der Waals surface area contributed by atoms with E-state index in [1.165, 1.54) is 11.3 Å². The molecule has 1 unspecified atom stereocenters. The van der Waals surface area contributed by atoms with Crippen molar-refractivity contribution in [2.75, 3.05) is 26.3 Å². The number of thiophene rings is 1. The van der Waals surface area contributed by atoms with Crippen LogP contribution in [0.5, 0.6) is 0 Å². The van der Waals surface area contributed by atoms with Crippen LogP contribution in [-0.4, -0.2) is 38.3 Å². The molecule has 1 aliphatic rings. The smallest absolute Gasteiger partial charge is 0.261 e. The normalized spacial score (nSPS) is 20.7. The van der Waals surface area contributed by atoms with Gasteiger partial charge in [0.2, 0.25) is 0 Å². The summed E-state index contributed by atoms with van der Waals surface area (Å²) in [6.07, 6.45) is 0. The Hall–Kier alpha value is -0.430. The van der Waals surface area contributed by atoms with Crippen LogP contribution in [-0.2, 0) is 4.74 Å². The Kier molecular flexibility index (Phi) is 4.34. The number of amides is 1. The minimum atomic E-state index is -0.0249. The Labute approximate surface area is 106 Å². The molecule has 1 saturated heterocycles. The Morgan fingerprint density at radius 3 is 3.19 bits per heavy atom. The summed E-state index contributed by atoms with van der Waals surface area (Å²) in [6, 6.07) is 3.91. The summed E-state index contributed by atoms with van der Waals surface area (Å²) in [5.74, 6) is -0.0249. The van der Waals surface area contributed by atoms with Gasteiger partial charge >= 0.3 is 0 Å². The van der Waals surface area contributed by atoms with Crippen LogP contribution in [0.15, 0.2) is 15.9 Å². The fourth-order valence-electron chi connectivity index (χ4n) is 1.49. The highest BCUT2D eigenvalue weighted by Crippen LogP contribution is 2.21. The Balaban J connectivity index is 1.79. The maximum Gasteiger partial charge on any atom is 0.261 e. The summed E-state index contributed by atoms with van der Waals surface area (Å²) in [5.41, 5.74) is 0. The van der Waals surface area contributed by atoms with E-state index >= 15 is 0 Å². The third kappa shape index (κ3) is 3.28. The first-order valence-electron chi connectivity index (χ1n) is 5.10. The lowest BCUT2D eigenvalue weighted by Crippen LogP contribution is -2.48. The number of hydrogen-bond acceptors (Lipinski definition) is 4. The molecule has 2 rings (SSSR count). The van der Waals surface area contributed by atoms with Crippen molar-refractivity contribution in [3.63, 3.8) is 0 Å². The molecule has 1 aliphatic heterocycles. The van der Waals surface area contributed by atoms with E-state index in [-0.39, 0.29) is 11.9 Å². The van der Waals surface area contributed by atoms with Gasteiger partial charge in [-0.05, 0) is 28.1 Å². The van der Waals surface area contributed by atoms with E-state index in [0.29, 0.717) is 13.2 Å². The van der Waals surface area contributed by atoms with Gasteiger partial charge in [-0.15, -0.1) is 11.3 Å². The number of carbonyl (C=O) groups is 1. The van der Waals surface area contributed by atoms with Crippen molar-refractivity contribution >= 4 is 33.2 Å². The maximum atomic E-state index is 11.7. The van der Waals surface area contributed by atoms with E-state index < -0.39 is 0 Å². The van der Waals surface area contributed by atoms with Gasteiger partial charge in [-0.25, -0.2) is 0 Å². The molecular formula is C10H13BrN2O2S. The summed E-state index contributed by atoms with van der Waals surface area (Å²) >= 11 is 4.77. The second-order valence-corrected chi connectivity index (χ2v) is 6.00. The number of halogens is 1. The number of nitrogens with one attached hydrogen (secondary N) is 2. The molecule has 2 N–H and O–H groups in total. The number of morpholine rings is 1. The fraction of sp³-hybridized carbons (Fsp3) is 0.500. The van der Waals surface area contributed by atoms with Crippen LogP contribution in [0.1, 0.15) is 9.67 Å². The molecule has 88 valence electrons. The van der Waals surface area contributed by atoms with Gasteiger partial charge in [0, 0.05) is 19.1 Å². The molecular weight excluding hydrogens is 292 g/mol. The molecule has 1 amide bonds. The average Bonchev–Trinajstić information content (AvgIpc) is 2.74. The summed E-state index contributed by atoms with van der Waals surface area (Å²) in [7, 11) is 0.